The molecular formula is C13H20ClN3O2. The Hall–Kier alpha value is -1.07. The van der Waals surface area contributed by atoms with E-state index in [1.54, 1.807) is 6.20 Å². The van der Waals surface area contributed by atoms with Crippen molar-refractivity contribution in [3.63, 3.8) is 0 Å². The fraction of sp³-hybridized carbons (Fsp3) is 0.692. The third kappa shape index (κ3) is 2.62. The van der Waals surface area contributed by atoms with Crippen LogP contribution in [0.3, 0.4) is 0 Å². The highest BCUT2D eigenvalue weighted by Gasteiger charge is 2.46. The second-order valence-corrected chi connectivity index (χ2v) is 5.62. The minimum Gasteiger partial charge on any atom is -0.468 e. The molecule has 5 nitrogen and oxygen atoms in total. The smallest absolute Gasteiger partial charge is 0.326 e. The van der Waals surface area contributed by atoms with E-state index in [1.165, 1.54) is 7.11 Å². The summed E-state index contributed by atoms with van der Waals surface area (Å²) in [6.07, 6.45) is 5.07. The maximum absolute atomic E-state index is 11.8. The summed E-state index contributed by atoms with van der Waals surface area (Å²) in [4.78, 5) is 11.8. The standard InChI is InChI=1S/C13H20ClN3O2/c1-9-11(14)8-16-17(9)7-5-10-4-3-6-13(10,15)12(18)19-2/h8,10H,3-7,15H2,1-2H3. The highest BCUT2D eigenvalue weighted by Crippen LogP contribution is 2.37. The number of carbonyl (C=O) groups excluding carboxylic acids is 1. The molecule has 1 aliphatic rings. The van der Waals surface area contributed by atoms with E-state index in [1.807, 2.05) is 11.6 Å². The molecule has 1 heterocycles. The van der Waals surface area contributed by atoms with Crippen molar-refractivity contribution in [1.82, 2.24) is 9.78 Å². The van der Waals surface area contributed by atoms with E-state index < -0.39 is 5.54 Å². The molecule has 0 amide bonds. The molecule has 1 aromatic rings. The predicted octanol–water partition coefficient (Wildman–Crippen LogP) is 1.91. The van der Waals surface area contributed by atoms with E-state index in [9.17, 15) is 4.79 Å². The molecule has 6 heteroatoms. The number of methoxy groups -OCH3 is 1. The van der Waals surface area contributed by atoms with Gasteiger partial charge in [0.25, 0.3) is 0 Å². The molecule has 2 unspecified atom stereocenters. The second kappa shape index (κ2) is 5.51. The van der Waals surface area contributed by atoms with Crippen LogP contribution in [0.1, 0.15) is 31.4 Å². The Morgan fingerprint density at radius 1 is 1.74 bits per heavy atom. The van der Waals surface area contributed by atoms with Crippen molar-refractivity contribution in [2.24, 2.45) is 11.7 Å². The highest BCUT2D eigenvalue weighted by molar-refractivity contribution is 6.31. The number of rotatable bonds is 4. The van der Waals surface area contributed by atoms with Gasteiger partial charge in [-0.15, -0.1) is 0 Å². The molecule has 1 aromatic heterocycles. The normalized spacial score (nSPS) is 26.6. The summed E-state index contributed by atoms with van der Waals surface area (Å²) in [6, 6.07) is 0. The van der Waals surface area contributed by atoms with Crippen LogP contribution in [0.25, 0.3) is 0 Å². The first-order valence-corrected chi connectivity index (χ1v) is 6.92. The largest absolute Gasteiger partial charge is 0.468 e. The Kier molecular flexibility index (Phi) is 4.16. The fourth-order valence-electron chi connectivity index (χ4n) is 2.89. The number of nitrogens with zero attached hydrogens (tertiary/aromatic N) is 2. The molecule has 0 radical (unpaired) electrons. The molecular weight excluding hydrogens is 266 g/mol. The molecule has 2 N–H and O–H groups in total. The van der Waals surface area contributed by atoms with Crippen LogP contribution < -0.4 is 5.73 Å². The Morgan fingerprint density at radius 3 is 3.05 bits per heavy atom. The van der Waals surface area contributed by atoms with Gasteiger partial charge in [-0.1, -0.05) is 18.0 Å². The summed E-state index contributed by atoms with van der Waals surface area (Å²) in [5, 5.41) is 4.88. The van der Waals surface area contributed by atoms with E-state index in [0.29, 0.717) is 11.4 Å². The van der Waals surface area contributed by atoms with Gasteiger partial charge in [-0.25, -0.2) is 0 Å². The molecule has 19 heavy (non-hydrogen) atoms. The molecule has 1 fully saturated rings. The zero-order valence-corrected chi connectivity index (χ0v) is 12.1. The van der Waals surface area contributed by atoms with Crippen molar-refractivity contribution in [2.45, 2.75) is 44.7 Å². The summed E-state index contributed by atoms with van der Waals surface area (Å²) in [7, 11) is 1.39. The van der Waals surface area contributed by atoms with Crippen LogP contribution in [0.4, 0.5) is 0 Å². The third-order valence-corrected chi connectivity index (χ3v) is 4.54. The Balaban J connectivity index is 2.03. The first-order valence-electron chi connectivity index (χ1n) is 6.54. The van der Waals surface area contributed by atoms with E-state index in [0.717, 1.165) is 31.5 Å². The van der Waals surface area contributed by atoms with E-state index in [4.69, 9.17) is 22.1 Å². The van der Waals surface area contributed by atoms with Crippen molar-refractivity contribution in [2.75, 3.05) is 7.11 Å². The summed E-state index contributed by atoms with van der Waals surface area (Å²) in [5.74, 6) is -0.160. The molecule has 0 spiro atoms. The number of hydrogen-bond acceptors (Lipinski definition) is 4. The van der Waals surface area contributed by atoms with Crippen LogP contribution in [0.15, 0.2) is 6.20 Å². The predicted molar refractivity (Wildman–Crippen MR) is 72.9 cm³/mol. The Morgan fingerprint density at radius 2 is 2.47 bits per heavy atom. The number of hydrogen-bond donors (Lipinski definition) is 1. The minimum atomic E-state index is -0.834. The van der Waals surface area contributed by atoms with Crippen molar-refractivity contribution >= 4 is 17.6 Å². The number of esters is 1. The van der Waals surface area contributed by atoms with Crippen molar-refractivity contribution in [3.05, 3.63) is 16.9 Å². The molecule has 1 saturated carbocycles. The molecule has 1 aliphatic carbocycles. The van der Waals surface area contributed by atoms with Gasteiger partial charge >= 0.3 is 5.97 Å². The maximum atomic E-state index is 11.8. The zero-order chi connectivity index (χ0) is 14.0. The topological polar surface area (TPSA) is 70.1 Å². The van der Waals surface area contributed by atoms with Crippen LogP contribution in [0.2, 0.25) is 5.02 Å². The number of aromatic nitrogens is 2. The van der Waals surface area contributed by atoms with Crippen molar-refractivity contribution in [3.8, 4) is 0 Å². The lowest BCUT2D eigenvalue weighted by Gasteiger charge is -2.28. The van der Waals surface area contributed by atoms with Gasteiger partial charge < -0.3 is 10.5 Å². The molecule has 2 rings (SSSR count). The number of carbonyl (C=O) groups is 1. The van der Waals surface area contributed by atoms with E-state index >= 15 is 0 Å². The Bertz CT molecular complexity index is 474. The van der Waals surface area contributed by atoms with Crippen LogP contribution in [-0.2, 0) is 16.1 Å². The van der Waals surface area contributed by atoms with E-state index in [2.05, 4.69) is 5.10 Å². The van der Waals surface area contributed by atoms with Crippen molar-refractivity contribution < 1.29 is 9.53 Å². The maximum Gasteiger partial charge on any atom is 0.326 e. The van der Waals surface area contributed by atoms with Gasteiger partial charge in [0.2, 0.25) is 0 Å². The summed E-state index contributed by atoms with van der Waals surface area (Å²) in [6.45, 7) is 2.65. The average Bonchev–Trinajstić information content (AvgIpc) is 2.93. The number of nitrogens with two attached hydrogens (primary N) is 1. The summed E-state index contributed by atoms with van der Waals surface area (Å²) < 4.78 is 6.70. The van der Waals surface area contributed by atoms with Crippen molar-refractivity contribution in [1.29, 1.82) is 0 Å². The van der Waals surface area contributed by atoms with Crippen LogP contribution in [0, 0.1) is 12.8 Å². The Labute approximate surface area is 118 Å². The van der Waals surface area contributed by atoms with Crippen LogP contribution in [0.5, 0.6) is 0 Å². The van der Waals surface area contributed by atoms with Gasteiger partial charge in [-0.05, 0) is 32.1 Å². The lowest BCUT2D eigenvalue weighted by atomic mass is 9.85. The van der Waals surface area contributed by atoms with Gasteiger partial charge in [0.15, 0.2) is 0 Å². The number of ether oxygens (including phenoxy) is 1. The van der Waals surface area contributed by atoms with Gasteiger partial charge in [-0.3, -0.25) is 9.48 Å². The van der Waals surface area contributed by atoms with Gasteiger partial charge in [0, 0.05) is 6.54 Å². The lowest BCUT2D eigenvalue weighted by Crippen LogP contribution is -2.51. The van der Waals surface area contributed by atoms with Crippen LogP contribution >= 0.6 is 11.6 Å². The minimum absolute atomic E-state index is 0.141. The number of aryl methyl sites for hydroxylation is 1. The highest BCUT2D eigenvalue weighted by atomic mass is 35.5. The first kappa shape index (κ1) is 14.3. The van der Waals surface area contributed by atoms with Gasteiger partial charge in [0.1, 0.15) is 5.54 Å². The van der Waals surface area contributed by atoms with Crippen LogP contribution in [-0.4, -0.2) is 28.4 Å². The number of halogens is 1. The van der Waals surface area contributed by atoms with Gasteiger partial charge in [-0.2, -0.15) is 5.10 Å². The average molecular weight is 286 g/mol. The summed E-state index contributed by atoms with van der Waals surface area (Å²) >= 11 is 5.97. The van der Waals surface area contributed by atoms with Gasteiger partial charge in [0.05, 0.1) is 24.0 Å². The molecule has 0 aliphatic heterocycles. The second-order valence-electron chi connectivity index (χ2n) is 5.21. The molecule has 2 atom stereocenters. The SMILES string of the molecule is COC(=O)C1(N)CCCC1CCn1ncc(Cl)c1C. The molecule has 106 valence electrons. The monoisotopic (exact) mass is 285 g/mol. The third-order valence-electron chi connectivity index (χ3n) is 4.17. The summed E-state index contributed by atoms with van der Waals surface area (Å²) in [5.41, 5.74) is 6.35. The zero-order valence-electron chi connectivity index (χ0n) is 11.4. The van der Waals surface area contributed by atoms with E-state index in [-0.39, 0.29) is 11.9 Å². The molecule has 0 saturated heterocycles. The first-order chi connectivity index (χ1) is 8.99. The molecule has 0 aromatic carbocycles. The lowest BCUT2D eigenvalue weighted by molar-refractivity contribution is -0.148. The molecule has 0 bridgehead atoms. The quantitative estimate of drug-likeness (QED) is 0.858. The fourth-order valence-corrected chi connectivity index (χ4v) is 3.03.